The fourth-order valence-electron chi connectivity index (χ4n) is 0.609. The molecule has 1 aromatic rings. The molecule has 2 nitrogen and oxygen atoms in total. The lowest BCUT2D eigenvalue weighted by atomic mass is 10.4. The molecule has 0 unspecified atom stereocenters. The van der Waals surface area contributed by atoms with E-state index in [1.165, 1.54) is 0 Å². The number of aromatic nitrogens is 1. The monoisotopic (exact) mass is 142 g/mol. The molecule has 0 spiro atoms. The molecule has 1 rings (SSSR count). The molecule has 0 N–H and O–H groups in total. The second-order valence-electron chi connectivity index (χ2n) is 1.90. The number of carbonyl (C=O) groups is 1. The Kier molecular flexibility index (Phi) is 1.95. The van der Waals surface area contributed by atoms with Gasteiger partial charge < -0.3 is 0 Å². The fraction of sp³-hybridized carbons (Fsp3) is 0.333. The summed E-state index contributed by atoms with van der Waals surface area (Å²) in [5.74, 6) is 0.193. The third-order valence-corrected chi connectivity index (χ3v) is 1.60. The zero-order valence-corrected chi connectivity index (χ0v) is 6.02. The van der Waals surface area contributed by atoms with Crippen LogP contribution in [0.1, 0.15) is 6.92 Å². The van der Waals surface area contributed by atoms with Gasteiger partial charge in [0.25, 0.3) is 0 Å². The van der Waals surface area contributed by atoms with E-state index in [2.05, 4.69) is 0 Å². The van der Waals surface area contributed by atoms with Crippen LogP contribution < -0.4 is 4.57 Å². The van der Waals surface area contributed by atoms with Crippen molar-refractivity contribution in [2.45, 2.75) is 13.5 Å². The second-order valence-corrected chi connectivity index (χ2v) is 2.66. The van der Waals surface area contributed by atoms with Gasteiger partial charge in [0.15, 0.2) is 12.0 Å². The first-order valence-electron chi connectivity index (χ1n) is 2.70. The van der Waals surface area contributed by atoms with Crippen LogP contribution in [0.2, 0.25) is 0 Å². The largest absolute Gasteiger partial charge is 0.293 e. The third kappa shape index (κ3) is 1.93. The lowest BCUT2D eigenvalue weighted by Gasteiger charge is -1.82. The molecule has 0 bridgehead atoms. The highest BCUT2D eigenvalue weighted by Crippen LogP contribution is 1.86. The van der Waals surface area contributed by atoms with Gasteiger partial charge in [-0.25, -0.2) is 0 Å². The molecule has 0 saturated carbocycles. The molecular formula is C6H8NOS+. The van der Waals surface area contributed by atoms with Crippen LogP contribution in [0.15, 0.2) is 17.1 Å². The van der Waals surface area contributed by atoms with Crippen LogP contribution in [0.3, 0.4) is 0 Å². The molecule has 0 radical (unpaired) electrons. The summed E-state index contributed by atoms with van der Waals surface area (Å²) in [6.07, 6.45) is 1.89. The summed E-state index contributed by atoms with van der Waals surface area (Å²) in [5, 5.41) is 1.95. The van der Waals surface area contributed by atoms with Gasteiger partial charge in [-0.15, -0.1) is 0 Å². The van der Waals surface area contributed by atoms with E-state index in [9.17, 15) is 4.79 Å². The minimum Gasteiger partial charge on any atom is -0.293 e. The van der Waals surface area contributed by atoms with Crippen LogP contribution in [0.4, 0.5) is 0 Å². The first kappa shape index (κ1) is 6.42. The van der Waals surface area contributed by atoms with Crippen LogP contribution in [0, 0.1) is 0 Å². The Morgan fingerprint density at radius 1 is 1.78 bits per heavy atom. The van der Waals surface area contributed by atoms with E-state index in [1.807, 2.05) is 21.7 Å². The van der Waals surface area contributed by atoms with E-state index in [1.54, 1.807) is 18.3 Å². The predicted molar refractivity (Wildman–Crippen MR) is 35.2 cm³/mol. The maximum absolute atomic E-state index is 10.5. The maximum atomic E-state index is 10.5. The average molecular weight is 142 g/mol. The lowest BCUT2D eigenvalue weighted by molar-refractivity contribution is -0.679. The van der Waals surface area contributed by atoms with Crippen LogP contribution in [0.25, 0.3) is 0 Å². The zero-order valence-electron chi connectivity index (χ0n) is 5.20. The normalized spacial score (nSPS) is 9.44. The Morgan fingerprint density at radius 2 is 2.56 bits per heavy atom. The minimum atomic E-state index is 0.193. The molecule has 0 saturated heterocycles. The van der Waals surface area contributed by atoms with E-state index in [-0.39, 0.29) is 5.78 Å². The number of nitrogens with zero attached hydrogens (tertiary/aromatic N) is 1. The standard InChI is InChI=1S/C6H8NOS/c1-6(8)4-7-2-3-9-5-7/h2-3,5H,4H2,1H3/q+1. The summed E-state index contributed by atoms with van der Waals surface area (Å²) in [6, 6.07) is 0. The number of thiazole rings is 1. The molecular weight excluding hydrogens is 134 g/mol. The van der Waals surface area contributed by atoms with Gasteiger partial charge in [0.1, 0.15) is 0 Å². The molecule has 1 heterocycles. The number of carbonyl (C=O) groups excluding carboxylic acids is 1. The molecule has 1 aromatic heterocycles. The first-order valence-corrected chi connectivity index (χ1v) is 3.64. The van der Waals surface area contributed by atoms with Gasteiger partial charge in [-0.2, -0.15) is 4.57 Å². The van der Waals surface area contributed by atoms with Crippen molar-refractivity contribution in [3.8, 4) is 0 Å². The molecule has 48 valence electrons. The van der Waals surface area contributed by atoms with Gasteiger partial charge in [-0.1, -0.05) is 11.3 Å². The highest BCUT2D eigenvalue weighted by Gasteiger charge is 2.01. The number of hydrogen-bond donors (Lipinski definition) is 0. The van der Waals surface area contributed by atoms with Gasteiger partial charge in [-0.05, 0) is 0 Å². The van der Waals surface area contributed by atoms with Gasteiger partial charge in [-0.3, -0.25) is 4.79 Å². The predicted octanol–water partition coefficient (Wildman–Crippen LogP) is 0.625. The molecule has 3 heteroatoms. The van der Waals surface area contributed by atoms with Crippen molar-refractivity contribution in [3.05, 3.63) is 17.1 Å². The minimum absolute atomic E-state index is 0.193. The number of rotatable bonds is 2. The van der Waals surface area contributed by atoms with Crippen molar-refractivity contribution in [2.24, 2.45) is 0 Å². The van der Waals surface area contributed by atoms with Crippen LogP contribution in [-0.4, -0.2) is 5.78 Å². The SMILES string of the molecule is CC(=O)C[n+]1ccsc1. The average Bonchev–Trinajstić information content (AvgIpc) is 2.15. The van der Waals surface area contributed by atoms with E-state index in [4.69, 9.17) is 0 Å². The van der Waals surface area contributed by atoms with Crippen LogP contribution >= 0.6 is 11.3 Å². The summed E-state index contributed by atoms with van der Waals surface area (Å²) in [6.45, 7) is 2.09. The maximum Gasteiger partial charge on any atom is 0.225 e. The highest BCUT2D eigenvalue weighted by molar-refractivity contribution is 7.07. The number of Topliss-reactive ketones (excluding diaryl/α,β-unsaturated/α-hetero) is 1. The molecule has 9 heavy (non-hydrogen) atoms. The molecule has 0 fully saturated rings. The second kappa shape index (κ2) is 2.73. The van der Waals surface area contributed by atoms with Crippen LogP contribution in [0.5, 0.6) is 0 Å². The quantitative estimate of drug-likeness (QED) is 0.555. The van der Waals surface area contributed by atoms with Crippen LogP contribution in [-0.2, 0) is 11.3 Å². The van der Waals surface area contributed by atoms with Crippen molar-refractivity contribution >= 4 is 17.1 Å². The summed E-state index contributed by atoms with van der Waals surface area (Å²) < 4.78 is 1.87. The molecule has 0 aliphatic heterocycles. The number of hydrogen-bond acceptors (Lipinski definition) is 2. The fourth-order valence-corrected chi connectivity index (χ4v) is 1.21. The Morgan fingerprint density at radius 3 is 3.00 bits per heavy atom. The first-order chi connectivity index (χ1) is 4.29. The van der Waals surface area contributed by atoms with Crippen molar-refractivity contribution in [1.82, 2.24) is 0 Å². The summed E-state index contributed by atoms with van der Waals surface area (Å²) >= 11 is 1.59. The zero-order chi connectivity index (χ0) is 6.69. The Balaban J connectivity index is 2.58. The van der Waals surface area contributed by atoms with Crippen molar-refractivity contribution in [3.63, 3.8) is 0 Å². The van der Waals surface area contributed by atoms with E-state index in [0.29, 0.717) is 6.54 Å². The summed E-state index contributed by atoms with van der Waals surface area (Å²) in [4.78, 5) is 10.5. The van der Waals surface area contributed by atoms with E-state index in [0.717, 1.165) is 0 Å². The Hall–Kier alpha value is -0.700. The summed E-state index contributed by atoms with van der Waals surface area (Å²) in [5.41, 5.74) is 1.92. The third-order valence-electron chi connectivity index (χ3n) is 0.932. The smallest absolute Gasteiger partial charge is 0.225 e. The van der Waals surface area contributed by atoms with Gasteiger partial charge in [0.2, 0.25) is 12.1 Å². The van der Waals surface area contributed by atoms with E-state index >= 15 is 0 Å². The Labute approximate surface area is 57.8 Å². The van der Waals surface area contributed by atoms with Crippen molar-refractivity contribution in [1.29, 1.82) is 0 Å². The molecule has 0 atom stereocenters. The highest BCUT2D eigenvalue weighted by atomic mass is 32.1. The van der Waals surface area contributed by atoms with Crippen molar-refractivity contribution in [2.75, 3.05) is 0 Å². The molecule has 0 aliphatic carbocycles. The topological polar surface area (TPSA) is 20.9 Å². The number of ketones is 1. The van der Waals surface area contributed by atoms with Crippen molar-refractivity contribution < 1.29 is 9.36 Å². The van der Waals surface area contributed by atoms with Gasteiger partial charge in [0.05, 0.1) is 5.38 Å². The van der Waals surface area contributed by atoms with Gasteiger partial charge >= 0.3 is 0 Å². The van der Waals surface area contributed by atoms with Gasteiger partial charge in [0, 0.05) is 6.92 Å². The lowest BCUT2D eigenvalue weighted by Crippen LogP contribution is -2.33. The molecule has 0 amide bonds. The van der Waals surface area contributed by atoms with E-state index < -0.39 is 0 Å². The Bertz CT molecular complexity index is 193. The summed E-state index contributed by atoms with van der Waals surface area (Å²) in [7, 11) is 0. The molecule has 0 aromatic carbocycles. The molecule has 0 aliphatic rings.